The van der Waals surface area contributed by atoms with Gasteiger partial charge in [0.15, 0.2) is 0 Å². The summed E-state index contributed by atoms with van der Waals surface area (Å²) in [5.41, 5.74) is 1.94. The van der Waals surface area contributed by atoms with Crippen LogP contribution in [0.15, 0.2) is 35.7 Å². The Bertz CT molecular complexity index is 587. The summed E-state index contributed by atoms with van der Waals surface area (Å²) in [7, 11) is 0. The first-order valence-electron chi connectivity index (χ1n) is 4.80. The molecule has 78 valence electrons. The van der Waals surface area contributed by atoms with Gasteiger partial charge in [-0.2, -0.15) is 0 Å². The lowest BCUT2D eigenvalue weighted by atomic mass is 10.0. The first-order valence-corrected chi connectivity index (χ1v) is 5.68. The largest absolute Gasteiger partial charge is 0.318 e. The second kappa shape index (κ2) is 3.28. The molecule has 1 N–H and O–H groups in total. The Hall–Kier alpha value is -1.94. The van der Waals surface area contributed by atoms with E-state index in [4.69, 9.17) is 0 Å². The summed E-state index contributed by atoms with van der Waals surface area (Å²) >= 11 is 1.55. The SMILES string of the molecule is O=C1Nc2cccc(-c3cccs3)c2C1=O. The van der Waals surface area contributed by atoms with Crippen LogP contribution in [0.5, 0.6) is 0 Å². The predicted molar refractivity (Wildman–Crippen MR) is 62.7 cm³/mol. The highest BCUT2D eigenvalue weighted by Crippen LogP contribution is 2.35. The number of rotatable bonds is 1. The van der Waals surface area contributed by atoms with Crippen LogP contribution in [-0.4, -0.2) is 11.7 Å². The number of ketones is 1. The summed E-state index contributed by atoms with van der Waals surface area (Å²) in [6.45, 7) is 0. The molecule has 0 unspecified atom stereocenters. The van der Waals surface area contributed by atoms with E-state index in [0.717, 1.165) is 10.4 Å². The average Bonchev–Trinajstić information content (AvgIpc) is 2.88. The van der Waals surface area contributed by atoms with Gasteiger partial charge in [-0.25, -0.2) is 0 Å². The average molecular weight is 229 g/mol. The number of nitrogens with one attached hydrogen (secondary N) is 1. The fourth-order valence-electron chi connectivity index (χ4n) is 1.83. The van der Waals surface area contributed by atoms with Crippen LogP contribution < -0.4 is 5.32 Å². The Morgan fingerprint density at radius 2 is 1.94 bits per heavy atom. The van der Waals surface area contributed by atoms with Gasteiger partial charge in [0.05, 0.1) is 11.3 Å². The quantitative estimate of drug-likeness (QED) is 0.764. The highest BCUT2D eigenvalue weighted by molar-refractivity contribution is 7.13. The van der Waals surface area contributed by atoms with Gasteiger partial charge in [-0.1, -0.05) is 18.2 Å². The summed E-state index contributed by atoms with van der Waals surface area (Å²) in [5, 5.41) is 4.51. The summed E-state index contributed by atoms with van der Waals surface area (Å²) < 4.78 is 0. The molecule has 2 heterocycles. The maximum absolute atomic E-state index is 11.7. The van der Waals surface area contributed by atoms with Crippen LogP contribution in [0.25, 0.3) is 10.4 Å². The second-order valence-electron chi connectivity index (χ2n) is 3.49. The lowest BCUT2D eigenvalue weighted by molar-refractivity contribution is -0.112. The third kappa shape index (κ3) is 1.20. The Morgan fingerprint density at radius 3 is 2.69 bits per heavy atom. The number of hydrogen-bond acceptors (Lipinski definition) is 3. The van der Waals surface area contributed by atoms with Gasteiger partial charge in [0.2, 0.25) is 0 Å². The number of anilines is 1. The lowest BCUT2D eigenvalue weighted by Crippen LogP contribution is -2.12. The number of thiophene rings is 1. The minimum Gasteiger partial charge on any atom is -0.318 e. The van der Waals surface area contributed by atoms with Crippen molar-refractivity contribution in [1.82, 2.24) is 0 Å². The summed E-state index contributed by atoms with van der Waals surface area (Å²) in [6.07, 6.45) is 0. The summed E-state index contributed by atoms with van der Waals surface area (Å²) in [5.74, 6) is -0.988. The number of carbonyl (C=O) groups excluding carboxylic acids is 2. The number of Topliss-reactive ketones (excluding diaryl/α,β-unsaturated/α-hetero) is 1. The molecule has 1 aliphatic heterocycles. The van der Waals surface area contributed by atoms with Crippen LogP contribution in [0.1, 0.15) is 10.4 Å². The second-order valence-corrected chi connectivity index (χ2v) is 4.44. The van der Waals surface area contributed by atoms with E-state index in [1.165, 1.54) is 0 Å². The zero-order chi connectivity index (χ0) is 11.1. The molecule has 0 atom stereocenters. The maximum Gasteiger partial charge on any atom is 0.296 e. The van der Waals surface area contributed by atoms with Gasteiger partial charge in [0.25, 0.3) is 11.7 Å². The molecule has 2 aromatic rings. The third-order valence-electron chi connectivity index (χ3n) is 2.53. The standard InChI is InChI=1S/C12H7NO2S/c14-11-10-7(9-5-2-6-16-9)3-1-4-8(10)13-12(11)15/h1-6H,(H,13,14,15). The van der Waals surface area contributed by atoms with E-state index in [1.807, 2.05) is 29.6 Å². The number of fused-ring (bicyclic) bond motifs is 1. The Balaban J connectivity index is 2.27. The highest BCUT2D eigenvalue weighted by Gasteiger charge is 2.30. The number of amides is 1. The molecular formula is C12H7NO2S. The van der Waals surface area contributed by atoms with Gasteiger partial charge in [-0.05, 0) is 17.5 Å². The topological polar surface area (TPSA) is 46.2 Å². The molecule has 1 aromatic heterocycles. The zero-order valence-corrected chi connectivity index (χ0v) is 9.01. The Morgan fingerprint density at radius 1 is 1.06 bits per heavy atom. The smallest absolute Gasteiger partial charge is 0.296 e. The van der Waals surface area contributed by atoms with E-state index in [-0.39, 0.29) is 0 Å². The molecule has 0 aliphatic carbocycles. The maximum atomic E-state index is 11.7. The highest BCUT2D eigenvalue weighted by atomic mass is 32.1. The van der Waals surface area contributed by atoms with E-state index in [2.05, 4.69) is 5.32 Å². The van der Waals surface area contributed by atoms with Crippen molar-refractivity contribution >= 4 is 28.7 Å². The van der Waals surface area contributed by atoms with Crippen molar-refractivity contribution in [3.63, 3.8) is 0 Å². The summed E-state index contributed by atoms with van der Waals surface area (Å²) in [4.78, 5) is 24.0. The fourth-order valence-corrected chi connectivity index (χ4v) is 2.59. The molecule has 0 saturated heterocycles. The molecule has 0 fully saturated rings. The summed E-state index contributed by atoms with van der Waals surface area (Å²) in [6, 6.07) is 9.31. The van der Waals surface area contributed by atoms with E-state index in [9.17, 15) is 9.59 Å². The minimum atomic E-state index is -0.543. The van der Waals surface area contributed by atoms with Crippen molar-refractivity contribution in [3.05, 3.63) is 41.3 Å². The predicted octanol–water partition coefficient (Wildman–Crippen LogP) is 2.55. The van der Waals surface area contributed by atoms with Crippen molar-refractivity contribution in [2.24, 2.45) is 0 Å². The molecular weight excluding hydrogens is 222 g/mol. The molecule has 0 bridgehead atoms. The van der Waals surface area contributed by atoms with E-state index >= 15 is 0 Å². The molecule has 3 rings (SSSR count). The van der Waals surface area contributed by atoms with Crippen molar-refractivity contribution in [2.45, 2.75) is 0 Å². The van der Waals surface area contributed by atoms with Crippen molar-refractivity contribution in [2.75, 3.05) is 5.32 Å². The van der Waals surface area contributed by atoms with Crippen LogP contribution in [0.2, 0.25) is 0 Å². The Kier molecular flexibility index (Phi) is 1.91. The monoisotopic (exact) mass is 229 g/mol. The van der Waals surface area contributed by atoms with Crippen LogP contribution >= 0.6 is 11.3 Å². The number of carbonyl (C=O) groups is 2. The lowest BCUT2D eigenvalue weighted by Gasteiger charge is -2.02. The van der Waals surface area contributed by atoms with Crippen molar-refractivity contribution in [3.8, 4) is 10.4 Å². The first-order chi connectivity index (χ1) is 7.77. The molecule has 0 saturated carbocycles. The van der Waals surface area contributed by atoms with Crippen LogP contribution in [0.4, 0.5) is 5.69 Å². The van der Waals surface area contributed by atoms with Crippen LogP contribution in [0.3, 0.4) is 0 Å². The molecule has 16 heavy (non-hydrogen) atoms. The van der Waals surface area contributed by atoms with Gasteiger partial charge >= 0.3 is 0 Å². The minimum absolute atomic E-state index is 0.445. The molecule has 1 aliphatic rings. The van der Waals surface area contributed by atoms with E-state index in [1.54, 1.807) is 17.4 Å². The fraction of sp³-hybridized carbons (Fsp3) is 0. The molecule has 4 heteroatoms. The first kappa shape index (κ1) is 9.30. The molecule has 1 amide bonds. The normalized spacial score (nSPS) is 13.8. The van der Waals surface area contributed by atoms with E-state index in [0.29, 0.717) is 11.3 Å². The zero-order valence-electron chi connectivity index (χ0n) is 8.19. The molecule has 0 radical (unpaired) electrons. The van der Waals surface area contributed by atoms with Gasteiger partial charge in [0, 0.05) is 10.4 Å². The van der Waals surface area contributed by atoms with Crippen LogP contribution in [-0.2, 0) is 4.79 Å². The van der Waals surface area contributed by atoms with Gasteiger partial charge in [0.1, 0.15) is 0 Å². The number of benzene rings is 1. The van der Waals surface area contributed by atoms with E-state index < -0.39 is 11.7 Å². The molecule has 1 aromatic carbocycles. The molecule has 3 nitrogen and oxygen atoms in total. The van der Waals surface area contributed by atoms with Gasteiger partial charge in [-0.15, -0.1) is 11.3 Å². The third-order valence-corrected chi connectivity index (χ3v) is 3.44. The van der Waals surface area contributed by atoms with Crippen LogP contribution in [0, 0.1) is 0 Å². The van der Waals surface area contributed by atoms with Gasteiger partial charge in [-0.3, -0.25) is 9.59 Å². The number of hydrogen-bond donors (Lipinski definition) is 1. The van der Waals surface area contributed by atoms with Crippen molar-refractivity contribution < 1.29 is 9.59 Å². The Labute approximate surface area is 95.7 Å². The van der Waals surface area contributed by atoms with Crippen molar-refractivity contribution in [1.29, 1.82) is 0 Å². The van der Waals surface area contributed by atoms with Gasteiger partial charge < -0.3 is 5.32 Å². The molecule has 0 spiro atoms.